The van der Waals surface area contributed by atoms with Crippen molar-refractivity contribution < 1.29 is 14.3 Å². The molecule has 2 N–H and O–H groups in total. The molecule has 28 heavy (non-hydrogen) atoms. The van der Waals surface area contributed by atoms with E-state index in [1.807, 2.05) is 30.0 Å². The summed E-state index contributed by atoms with van der Waals surface area (Å²) in [4.78, 5) is 18.9. The quantitative estimate of drug-likeness (QED) is 0.382. The molecule has 1 aromatic rings. The zero-order valence-electron chi connectivity index (χ0n) is 16.8. The number of hydrogen-bond acceptors (Lipinski definition) is 4. The topological polar surface area (TPSA) is 75.2 Å². The minimum atomic E-state index is 0.0317. The van der Waals surface area contributed by atoms with E-state index in [9.17, 15) is 4.79 Å². The summed E-state index contributed by atoms with van der Waals surface area (Å²) in [7, 11) is 0. The van der Waals surface area contributed by atoms with Gasteiger partial charge in [0.2, 0.25) is 5.91 Å². The second-order valence-electron chi connectivity index (χ2n) is 7.20. The van der Waals surface area contributed by atoms with Gasteiger partial charge in [-0.1, -0.05) is 18.2 Å². The van der Waals surface area contributed by atoms with Crippen molar-refractivity contribution in [1.82, 2.24) is 10.6 Å². The van der Waals surface area contributed by atoms with Gasteiger partial charge in [-0.2, -0.15) is 0 Å². The Kier molecular flexibility index (Phi) is 8.11. The molecule has 1 unspecified atom stereocenters. The fourth-order valence-corrected chi connectivity index (χ4v) is 3.52. The van der Waals surface area contributed by atoms with Crippen LogP contribution in [0.4, 0.5) is 5.69 Å². The Labute approximate surface area is 167 Å². The van der Waals surface area contributed by atoms with Gasteiger partial charge in [0, 0.05) is 44.5 Å². The molecule has 7 heteroatoms. The van der Waals surface area contributed by atoms with Crippen LogP contribution < -0.4 is 15.5 Å². The average Bonchev–Trinajstić information content (AvgIpc) is 3.38. The number of hydrogen-bond donors (Lipinski definition) is 2. The average molecular weight is 389 g/mol. The first-order valence-electron chi connectivity index (χ1n) is 10.3. The van der Waals surface area contributed by atoms with Gasteiger partial charge in [0.25, 0.3) is 0 Å². The molecule has 0 bridgehead atoms. The maximum atomic E-state index is 12.6. The zero-order chi connectivity index (χ0) is 19.6. The second kappa shape index (κ2) is 11.0. The van der Waals surface area contributed by atoms with Crippen LogP contribution in [-0.2, 0) is 20.7 Å². The van der Waals surface area contributed by atoms with Crippen LogP contribution in [0.15, 0.2) is 29.3 Å². The van der Waals surface area contributed by atoms with E-state index in [0.29, 0.717) is 18.5 Å². The molecule has 0 saturated carbocycles. The molecule has 0 radical (unpaired) electrons. The van der Waals surface area contributed by atoms with Gasteiger partial charge >= 0.3 is 0 Å². The third-order valence-electron chi connectivity index (χ3n) is 5.04. The van der Waals surface area contributed by atoms with Crippen molar-refractivity contribution in [2.45, 2.75) is 26.2 Å². The van der Waals surface area contributed by atoms with Gasteiger partial charge in [-0.25, -0.2) is 4.99 Å². The van der Waals surface area contributed by atoms with Crippen LogP contribution in [-0.4, -0.2) is 64.5 Å². The molecule has 2 aliphatic heterocycles. The standard InChI is InChI=1S/C21H32N4O3/c1-2-22-21(23-10-5-12-27-15-17-9-13-28-16-17)24-14-20(26)25-11-8-18-6-3-4-7-19(18)25/h3-4,6-7,17H,2,5,8-16H2,1H3,(H2,22,23,24). The SMILES string of the molecule is CCNC(=NCC(=O)N1CCc2ccccc21)NCCCOCC1CCOC1. The fraction of sp³-hybridized carbons (Fsp3) is 0.619. The number of benzene rings is 1. The Morgan fingerprint density at radius 1 is 1.36 bits per heavy atom. The first-order chi connectivity index (χ1) is 13.8. The molecule has 2 heterocycles. The van der Waals surface area contributed by atoms with E-state index < -0.39 is 0 Å². The highest BCUT2D eigenvalue weighted by molar-refractivity contribution is 5.98. The molecule has 154 valence electrons. The summed E-state index contributed by atoms with van der Waals surface area (Å²) in [6.07, 6.45) is 2.91. The van der Waals surface area contributed by atoms with Crippen LogP contribution in [0.5, 0.6) is 0 Å². The Balaban J connectivity index is 1.38. The second-order valence-corrected chi connectivity index (χ2v) is 7.20. The number of para-hydroxylation sites is 1. The van der Waals surface area contributed by atoms with Gasteiger partial charge in [-0.3, -0.25) is 4.79 Å². The molecule has 0 aliphatic carbocycles. The molecule has 1 aromatic carbocycles. The van der Waals surface area contributed by atoms with Gasteiger partial charge in [-0.15, -0.1) is 0 Å². The molecule has 1 atom stereocenters. The summed E-state index contributed by atoms with van der Waals surface area (Å²) in [6.45, 7) is 7.58. The number of anilines is 1. The molecule has 0 aromatic heterocycles. The summed E-state index contributed by atoms with van der Waals surface area (Å²) in [5, 5.41) is 6.47. The monoisotopic (exact) mass is 388 g/mol. The van der Waals surface area contributed by atoms with Crippen molar-refractivity contribution in [3.63, 3.8) is 0 Å². The van der Waals surface area contributed by atoms with Crippen LogP contribution in [0, 0.1) is 5.92 Å². The molecule has 3 rings (SSSR count). The van der Waals surface area contributed by atoms with Gasteiger partial charge in [-0.05, 0) is 37.8 Å². The highest BCUT2D eigenvalue weighted by Crippen LogP contribution is 2.27. The number of nitrogens with zero attached hydrogens (tertiary/aromatic N) is 2. The summed E-state index contributed by atoms with van der Waals surface area (Å²) in [6, 6.07) is 8.08. The van der Waals surface area contributed by atoms with Gasteiger partial charge < -0.3 is 25.0 Å². The van der Waals surface area contributed by atoms with Crippen molar-refractivity contribution in [1.29, 1.82) is 0 Å². The van der Waals surface area contributed by atoms with Crippen molar-refractivity contribution in [2.75, 3.05) is 57.5 Å². The maximum absolute atomic E-state index is 12.6. The highest BCUT2D eigenvalue weighted by atomic mass is 16.5. The minimum Gasteiger partial charge on any atom is -0.381 e. The van der Waals surface area contributed by atoms with Crippen molar-refractivity contribution in [2.24, 2.45) is 10.9 Å². The van der Waals surface area contributed by atoms with Gasteiger partial charge in [0.1, 0.15) is 6.54 Å². The van der Waals surface area contributed by atoms with Crippen molar-refractivity contribution >= 4 is 17.6 Å². The molecule has 1 amide bonds. The molecule has 1 fully saturated rings. The lowest BCUT2D eigenvalue weighted by Gasteiger charge is -2.17. The van der Waals surface area contributed by atoms with E-state index in [1.165, 1.54) is 5.56 Å². The third kappa shape index (κ3) is 5.94. The lowest BCUT2D eigenvalue weighted by molar-refractivity contribution is -0.117. The number of ether oxygens (including phenoxy) is 2. The number of amides is 1. The number of nitrogens with one attached hydrogen (secondary N) is 2. The lowest BCUT2D eigenvalue weighted by atomic mass is 10.1. The minimum absolute atomic E-state index is 0.0317. The molecule has 7 nitrogen and oxygen atoms in total. The zero-order valence-corrected chi connectivity index (χ0v) is 16.8. The first-order valence-corrected chi connectivity index (χ1v) is 10.3. The smallest absolute Gasteiger partial charge is 0.248 e. The normalized spacial score (nSPS) is 19.0. The summed E-state index contributed by atoms with van der Waals surface area (Å²) >= 11 is 0. The van der Waals surface area contributed by atoms with E-state index in [0.717, 1.165) is 64.4 Å². The van der Waals surface area contributed by atoms with Gasteiger partial charge in [0.05, 0.1) is 13.2 Å². The van der Waals surface area contributed by atoms with Crippen LogP contribution in [0.3, 0.4) is 0 Å². The molecule has 2 aliphatic rings. The largest absolute Gasteiger partial charge is 0.381 e. The van der Waals surface area contributed by atoms with Crippen molar-refractivity contribution in [3.05, 3.63) is 29.8 Å². The Bertz CT molecular complexity index is 659. The summed E-state index contributed by atoms with van der Waals surface area (Å²) < 4.78 is 11.1. The number of carbonyl (C=O) groups excluding carboxylic acids is 1. The van der Waals surface area contributed by atoms with E-state index in [4.69, 9.17) is 9.47 Å². The third-order valence-corrected chi connectivity index (χ3v) is 5.04. The molecule has 0 spiro atoms. The van der Waals surface area contributed by atoms with Crippen LogP contribution in [0.25, 0.3) is 0 Å². The first kappa shape index (κ1) is 20.6. The predicted octanol–water partition coefficient (Wildman–Crippen LogP) is 1.57. The van der Waals surface area contributed by atoms with Gasteiger partial charge in [0.15, 0.2) is 5.96 Å². The van der Waals surface area contributed by atoms with E-state index in [1.54, 1.807) is 0 Å². The highest BCUT2D eigenvalue weighted by Gasteiger charge is 2.23. The molecular weight excluding hydrogens is 356 g/mol. The Morgan fingerprint density at radius 3 is 3.07 bits per heavy atom. The molecule has 1 saturated heterocycles. The number of fused-ring (bicyclic) bond motifs is 1. The summed E-state index contributed by atoms with van der Waals surface area (Å²) in [5.41, 5.74) is 2.25. The van der Waals surface area contributed by atoms with Crippen LogP contribution >= 0.6 is 0 Å². The number of rotatable bonds is 9. The summed E-state index contributed by atoms with van der Waals surface area (Å²) in [5.74, 6) is 1.25. The molecular formula is C21H32N4O3. The predicted molar refractivity (Wildman–Crippen MR) is 111 cm³/mol. The number of carbonyl (C=O) groups is 1. The van der Waals surface area contributed by atoms with Crippen LogP contribution in [0.2, 0.25) is 0 Å². The van der Waals surface area contributed by atoms with E-state index >= 15 is 0 Å². The number of aliphatic imine (C=N–C) groups is 1. The van der Waals surface area contributed by atoms with Crippen LogP contribution in [0.1, 0.15) is 25.3 Å². The Morgan fingerprint density at radius 2 is 2.25 bits per heavy atom. The van der Waals surface area contributed by atoms with Crippen molar-refractivity contribution in [3.8, 4) is 0 Å². The lowest BCUT2D eigenvalue weighted by Crippen LogP contribution is -2.39. The Hall–Kier alpha value is -2.12. The number of guanidine groups is 1. The van der Waals surface area contributed by atoms with E-state index in [2.05, 4.69) is 21.7 Å². The maximum Gasteiger partial charge on any atom is 0.248 e. The fourth-order valence-electron chi connectivity index (χ4n) is 3.52. The van der Waals surface area contributed by atoms with E-state index in [-0.39, 0.29) is 12.5 Å².